The quantitative estimate of drug-likeness (QED) is 0.227. The number of hydrogen-bond donors (Lipinski definition) is 2. The van der Waals surface area contributed by atoms with Crippen molar-refractivity contribution in [2.75, 3.05) is 24.4 Å². The highest BCUT2D eigenvalue weighted by Gasteiger charge is 2.26. The van der Waals surface area contributed by atoms with E-state index >= 15 is 0 Å². The third kappa shape index (κ3) is 6.24. The number of hydrogen-bond acceptors (Lipinski definition) is 9. The number of carbonyl (C=O) groups is 4. The minimum absolute atomic E-state index is 0.0409. The van der Waals surface area contributed by atoms with Crippen LogP contribution in [-0.2, 0) is 9.47 Å². The number of anilines is 2. The fourth-order valence-electron chi connectivity index (χ4n) is 3.71. The minimum Gasteiger partial charge on any atom is -0.465 e. The van der Waals surface area contributed by atoms with Gasteiger partial charge in [0.2, 0.25) is 0 Å². The van der Waals surface area contributed by atoms with E-state index in [0.717, 1.165) is 28.6 Å². The first-order chi connectivity index (χ1) is 19.2. The molecule has 0 saturated heterocycles. The van der Waals surface area contributed by atoms with Crippen LogP contribution in [0.1, 0.15) is 66.3 Å². The van der Waals surface area contributed by atoms with Crippen LogP contribution in [0.4, 0.5) is 11.4 Å². The third-order valence-corrected chi connectivity index (χ3v) is 6.78. The van der Waals surface area contributed by atoms with E-state index in [-0.39, 0.29) is 15.5 Å². The molecular weight excluding hydrogens is 536 g/mol. The average Bonchev–Trinajstić information content (AvgIpc) is 3.33. The van der Waals surface area contributed by atoms with Gasteiger partial charge in [0.05, 0.1) is 24.8 Å². The van der Waals surface area contributed by atoms with E-state index in [2.05, 4.69) is 20.4 Å². The Hall–Kier alpha value is -4.84. The third-order valence-electron chi connectivity index (χ3n) is 5.74. The Morgan fingerprint density at radius 1 is 0.900 bits per heavy atom. The van der Waals surface area contributed by atoms with Gasteiger partial charge in [-0.25, -0.2) is 19.0 Å². The van der Waals surface area contributed by atoms with Gasteiger partial charge in [0, 0.05) is 23.1 Å². The second-order valence-electron chi connectivity index (χ2n) is 8.68. The van der Waals surface area contributed by atoms with Crippen LogP contribution in [0.5, 0.6) is 0 Å². The summed E-state index contributed by atoms with van der Waals surface area (Å²) in [6, 6.07) is 13.3. The molecule has 0 aliphatic rings. The van der Waals surface area contributed by atoms with Crippen LogP contribution in [0, 0.1) is 6.92 Å². The normalized spacial score (nSPS) is 10.7. The van der Waals surface area contributed by atoms with Gasteiger partial charge in [-0.15, -0.1) is 0 Å². The molecule has 206 valence electrons. The van der Waals surface area contributed by atoms with Crippen LogP contribution in [0.3, 0.4) is 0 Å². The number of carbonyl (C=O) groups excluding carboxylic acids is 4. The Labute approximate surface area is 232 Å². The SMILES string of the molecule is CCCCOC(=O)c1ccc(NC(=O)c2c(C(=O)Nc3ccc(C(=O)OC)cc3)sc3nc(C)cc(=O)n23)cc1. The van der Waals surface area contributed by atoms with Crippen LogP contribution in [0.2, 0.25) is 0 Å². The van der Waals surface area contributed by atoms with Gasteiger partial charge in [0.1, 0.15) is 10.6 Å². The maximum absolute atomic E-state index is 13.4. The Kier molecular flexibility index (Phi) is 8.70. The molecule has 4 rings (SSSR count). The number of aryl methyl sites for hydroxylation is 1. The monoisotopic (exact) mass is 562 g/mol. The summed E-state index contributed by atoms with van der Waals surface area (Å²) in [5.74, 6) is -2.36. The Bertz CT molecular complexity index is 1640. The van der Waals surface area contributed by atoms with E-state index in [1.54, 1.807) is 6.92 Å². The highest BCUT2D eigenvalue weighted by molar-refractivity contribution is 7.19. The number of fused-ring (bicyclic) bond motifs is 1. The Morgan fingerprint density at radius 3 is 2.05 bits per heavy atom. The zero-order chi connectivity index (χ0) is 28.8. The molecule has 0 saturated carbocycles. The number of methoxy groups -OCH3 is 1. The molecule has 0 spiro atoms. The molecule has 2 amide bonds. The molecule has 2 aromatic carbocycles. The first kappa shape index (κ1) is 28.2. The summed E-state index contributed by atoms with van der Waals surface area (Å²) in [5.41, 5.74) is 1.05. The molecule has 0 fully saturated rings. The van der Waals surface area contributed by atoms with Crippen molar-refractivity contribution in [2.24, 2.45) is 0 Å². The molecule has 0 radical (unpaired) electrons. The van der Waals surface area contributed by atoms with Crippen LogP contribution in [0.25, 0.3) is 4.96 Å². The summed E-state index contributed by atoms with van der Waals surface area (Å²) in [6.45, 7) is 3.95. The number of thiazole rings is 1. The van der Waals surface area contributed by atoms with E-state index in [1.165, 1.54) is 61.7 Å². The number of ether oxygens (including phenoxy) is 2. The number of nitrogens with zero attached hydrogens (tertiary/aromatic N) is 2. The second kappa shape index (κ2) is 12.3. The average molecular weight is 563 g/mol. The lowest BCUT2D eigenvalue weighted by molar-refractivity contribution is 0.0499. The Morgan fingerprint density at radius 2 is 1.48 bits per heavy atom. The van der Waals surface area contributed by atoms with E-state index < -0.39 is 29.3 Å². The highest BCUT2D eigenvalue weighted by Crippen LogP contribution is 2.24. The second-order valence-corrected chi connectivity index (χ2v) is 9.66. The van der Waals surface area contributed by atoms with Gasteiger partial charge in [-0.3, -0.25) is 14.4 Å². The molecule has 0 aliphatic heterocycles. The summed E-state index contributed by atoms with van der Waals surface area (Å²) in [7, 11) is 1.26. The minimum atomic E-state index is -0.719. The van der Waals surface area contributed by atoms with Crippen molar-refractivity contribution in [1.82, 2.24) is 9.38 Å². The number of nitrogens with one attached hydrogen (secondary N) is 2. The number of benzene rings is 2. The van der Waals surface area contributed by atoms with Crippen molar-refractivity contribution in [3.8, 4) is 0 Å². The molecule has 0 atom stereocenters. The molecular formula is C28H26N4O7S. The lowest BCUT2D eigenvalue weighted by atomic mass is 10.2. The summed E-state index contributed by atoms with van der Waals surface area (Å²) >= 11 is 0.890. The van der Waals surface area contributed by atoms with Gasteiger partial charge in [0.15, 0.2) is 4.96 Å². The molecule has 2 aromatic heterocycles. The highest BCUT2D eigenvalue weighted by atomic mass is 32.1. The first-order valence-corrected chi connectivity index (χ1v) is 13.1. The van der Waals surface area contributed by atoms with E-state index in [9.17, 15) is 24.0 Å². The number of amides is 2. The number of aromatic nitrogens is 2. The van der Waals surface area contributed by atoms with Gasteiger partial charge in [0.25, 0.3) is 17.4 Å². The standard InChI is InChI=1S/C28H26N4O7S/c1-4-5-14-39-27(37)18-8-12-19(13-9-18)30-24(34)22-23(40-28-29-16(2)15-21(33)32(22)28)25(35)31-20-10-6-17(7-11-20)26(36)38-3/h6-13,15H,4-5,14H2,1-3H3,(H,30,34)(H,31,35). The molecule has 40 heavy (non-hydrogen) atoms. The zero-order valence-electron chi connectivity index (χ0n) is 22.0. The molecule has 2 N–H and O–H groups in total. The van der Waals surface area contributed by atoms with Crippen molar-refractivity contribution < 1.29 is 28.7 Å². The van der Waals surface area contributed by atoms with Gasteiger partial charge in [-0.05, 0) is 61.9 Å². The van der Waals surface area contributed by atoms with Crippen molar-refractivity contribution in [3.05, 3.63) is 92.3 Å². The van der Waals surface area contributed by atoms with Crippen LogP contribution in [0.15, 0.2) is 59.4 Å². The molecule has 0 aliphatic carbocycles. The molecule has 12 heteroatoms. The van der Waals surface area contributed by atoms with Crippen LogP contribution >= 0.6 is 11.3 Å². The molecule has 0 unspecified atom stereocenters. The van der Waals surface area contributed by atoms with Crippen LogP contribution < -0.4 is 16.2 Å². The number of rotatable bonds is 9. The molecule has 11 nitrogen and oxygen atoms in total. The lowest BCUT2D eigenvalue weighted by Gasteiger charge is -2.09. The molecule has 0 bridgehead atoms. The summed E-state index contributed by atoms with van der Waals surface area (Å²) in [4.78, 5) is 67.9. The van der Waals surface area contributed by atoms with Gasteiger partial charge in [-0.2, -0.15) is 0 Å². The van der Waals surface area contributed by atoms with Crippen molar-refractivity contribution in [2.45, 2.75) is 26.7 Å². The van der Waals surface area contributed by atoms with E-state index in [1.807, 2.05) is 6.92 Å². The summed E-state index contributed by atoms with van der Waals surface area (Å²) < 4.78 is 11.0. The smallest absolute Gasteiger partial charge is 0.338 e. The fraction of sp³-hybridized carbons (Fsp3) is 0.214. The maximum atomic E-state index is 13.4. The lowest BCUT2D eigenvalue weighted by Crippen LogP contribution is -2.25. The van der Waals surface area contributed by atoms with Gasteiger partial charge in [-0.1, -0.05) is 24.7 Å². The van der Waals surface area contributed by atoms with Crippen molar-refractivity contribution >= 4 is 51.4 Å². The first-order valence-electron chi connectivity index (χ1n) is 12.3. The van der Waals surface area contributed by atoms with Gasteiger partial charge >= 0.3 is 11.9 Å². The largest absolute Gasteiger partial charge is 0.465 e. The molecule has 2 heterocycles. The van der Waals surface area contributed by atoms with E-state index in [4.69, 9.17) is 4.74 Å². The topological polar surface area (TPSA) is 145 Å². The summed E-state index contributed by atoms with van der Waals surface area (Å²) in [6.07, 6.45) is 1.66. The predicted molar refractivity (Wildman–Crippen MR) is 149 cm³/mol. The Balaban J connectivity index is 1.62. The number of esters is 2. The summed E-state index contributed by atoms with van der Waals surface area (Å²) in [5, 5.41) is 5.36. The van der Waals surface area contributed by atoms with Crippen molar-refractivity contribution in [1.29, 1.82) is 0 Å². The predicted octanol–water partition coefficient (Wildman–Crippen LogP) is 4.31. The van der Waals surface area contributed by atoms with Gasteiger partial charge < -0.3 is 20.1 Å². The van der Waals surface area contributed by atoms with Crippen LogP contribution in [-0.4, -0.2) is 46.9 Å². The van der Waals surface area contributed by atoms with E-state index in [0.29, 0.717) is 34.8 Å². The number of unbranched alkanes of at least 4 members (excludes halogenated alkanes) is 1. The maximum Gasteiger partial charge on any atom is 0.338 e. The van der Waals surface area contributed by atoms with Crippen molar-refractivity contribution in [3.63, 3.8) is 0 Å². The zero-order valence-corrected chi connectivity index (χ0v) is 22.8. The molecule has 4 aromatic rings. The fourth-order valence-corrected chi connectivity index (χ4v) is 4.78.